The number of para-hydroxylation sites is 1. The summed E-state index contributed by atoms with van der Waals surface area (Å²) >= 11 is 1.49. The van der Waals surface area contributed by atoms with Crippen LogP contribution in [0.15, 0.2) is 113 Å². The van der Waals surface area contributed by atoms with E-state index in [1.165, 1.54) is 18.0 Å². The van der Waals surface area contributed by atoms with Gasteiger partial charge in [0.1, 0.15) is 11.5 Å². The lowest BCUT2D eigenvalue weighted by Gasteiger charge is -2.26. The zero-order valence-corrected chi connectivity index (χ0v) is 28.1. The fourth-order valence-corrected chi connectivity index (χ4v) is 6.42. The van der Waals surface area contributed by atoms with Gasteiger partial charge in [0.15, 0.2) is 5.78 Å². The van der Waals surface area contributed by atoms with Crippen LogP contribution in [-0.4, -0.2) is 56.1 Å². The Morgan fingerprint density at radius 2 is 1.69 bits per heavy atom. The van der Waals surface area contributed by atoms with E-state index in [2.05, 4.69) is 20.6 Å². The van der Waals surface area contributed by atoms with Crippen molar-refractivity contribution in [2.45, 2.75) is 62.6 Å². The molecule has 3 atom stereocenters. The van der Waals surface area contributed by atoms with Gasteiger partial charge in [-0.3, -0.25) is 19.4 Å². The molecule has 0 unspecified atom stereocenters. The number of benzene rings is 2. The van der Waals surface area contributed by atoms with Gasteiger partial charge in [-0.05, 0) is 75.2 Å². The number of hydrogen-bond acceptors (Lipinski definition) is 8. The van der Waals surface area contributed by atoms with Gasteiger partial charge in [0.2, 0.25) is 0 Å². The second-order valence-corrected chi connectivity index (χ2v) is 13.9. The van der Waals surface area contributed by atoms with Gasteiger partial charge < -0.3 is 20.2 Å². The molecule has 0 fully saturated rings. The second-order valence-electron chi connectivity index (χ2n) is 12.8. The summed E-state index contributed by atoms with van der Waals surface area (Å²) in [6.07, 6.45) is 4.25. The quantitative estimate of drug-likeness (QED) is 0.122. The molecule has 48 heavy (non-hydrogen) atoms. The first-order chi connectivity index (χ1) is 23.1. The smallest absolute Gasteiger partial charge is 0.270 e. The largest absolute Gasteiger partial charge is 0.469 e. The highest BCUT2D eigenvalue weighted by molar-refractivity contribution is 7.99. The number of pyridine rings is 2. The third-order valence-corrected chi connectivity index (χ3v) is 8.97. The van der Waals surface area contributed by atoms with Gasteiger partial charge in [-0.25, -0.2) is 4.98 Å². The van der Waals surface area contributed by atoms with Crippen LogP contribution in [0.5, 0.6) is 0 Å². The molecule has 0 saturated heterocycles. The van der Waals surface area contributed by atoms with Crippen LogP contribution >= 0.6 is 11.8 Å². The van der Waals surface area contributed by atoms with E-state index >= 15 is 0 Å². The van der Waals surface area contributed by atoms with Crippen LogP contribution in [0.3, 0.4) is 0 Å². The molecule has 0 spiro atoms. The Kier molecular flexibility index (Phi) is 11.4. The number of nitrogens with zero attached hydrogens (tertiary/aromatic N) is 2. The lowest BCUT2D eigenvalue weighted by Crippen LogP contribution is -2.44. The molecule has 3 N–H and O–H groups in total. The minimum Gasteiger partial charge on any atom is -0.469 e. The Morgan fingerprint density at radius 1 is 0.896 bits per heavy atom. The number of thioether (sulfide) groups is 1. The summed E-state index contributed by atoms with van der Waals surface area (Å²) in [6.45, 7) is 5.73. The standard InChI is InChI=1S/C38H40N4O5S/c1-38(2,3)42-36(45)30-14-6-4-11-26(30)20-34(43)27(24-48-29-13-8-18-39-23-29)21-35(44)33(22-28-12-9-19-47-28)41-37(46)32-17-16-25-10-5-7-15-31(25)40-32/h4-19,23,27,33-34,43H,20-22,24H2,1-3H3,(H,41,46)(H,42,45)/t27-,33+,34+/m1/s1. The van der Waals surface area contributed by atoms with Crippen LogP contribution in [0.4, 0.5) is 0 Å². The Bertz CT molecular complexity index is 1840. The van der Waals surface area contributed by atoms with Crippen LogP contribution in [0.25, 0.3) is 10.9 Å². The van der Waals surface area contributed by atoms with Crippen molar-refractivity contribution in [3.63, 3.8) is 0 Å². The molecule has 10 heteroatoms. The number of Topliss-reactive ketones (excluding diaryl/α,β-unsaturated/α-hetero) is 1. The van der Waals surface area contributed by atoms with Crippen LogP contribution in [-0.2, 0) is 17.6 Å². The molecule has 248 valence electrons. The summed E-state index contributed by atoms with van der Waals surface area (Å²) < 4.78 is 5.55. The van der Waals surface area contributed by atoms with Crippen molar-refractivity contribution in [1.29, 1.82) is 0 Å². The van der Waals surface area contributed by atoms with Crippen molar-refractivity contribution in [3.05, 3.63) is 126 Å². The van der Waals surface area contributed by atoms with Crippen molar-refractivity contribution in [2.24, 2.45) is 5.92 Å². The summed E-state index contributed by atoms with van der Waals surface area (Å²) in [6, 6.07) is 24.4. The summed E-state index contributed by atoms with van der Waals surface area (Å²) in [7, 11) is 0. The number of carbonyl (C=O) groups is 3. The average Bonchev–Trinajstić information content (AvgIpc) is 3.59. The van der Waals surface area contributed by atoms with Crippen molar-refractivity contribution in [1.82, 2.24) is 20.6 Å². The lowest BCUT2D eigenvalue weighted by molar-refractivity contribution is -0.122. The summed E-state index contributed by atoms with van der Waals surface area (Å²) in [4.78, 5) is 50.3. The molecule has 0 aliphatic carbocycles. The minimum atomic E-state index is -0.969. The third-order valence-electron chi connectivity index (χ3n) is 7.80. The van der Waals surface area contributed by atoms with Gasteiger partial charge in [0.05, 0.1) is 23.9 Å². The number of aromatic nitrogens is 2. The molecule has 0 radical (unpaired) electrons. The zero-order chi connectivity index (χ0) is 34.1. The topological polar surface area (TPSA) is 134 Å². The number of fused-ring (bicyclic) bond motifs is 1. The maximum absolute atomic E-state index is 14.1. The molecule has 9 nitrogen and oxygen atoms in total. The number of ketones is 1. The fraction of sp³-hybridized carbons (Fsp3) is 0.289. The first-order valence-corrected chi connectivity index (χ1v) is 16.9. The van der Waals surface area contributed by atoms with E-state index in [0.29, 0.717) is 28.2 Å². The Morgan fingerprint density at radius 3 is 2.44 bits per heavy atom. The zero-order valence-electron chi connectivity index (χ0n) is 27.3. The number of carbonyl (C=O) groups excluding carboxylic acids is 3. The summed E-state index contributed by atoms with van der Waals surface area (Å²) in [5, 5.41) is 18.5. The molecule has 3 aromatic heterocycles. The van der Waals surface area contributed by atoms with Gasteiger partial charge >= 0.3 is 0 Å². The monoisotopic (exact) mass is 664 g/mol. The molecule has 5 aromatic rings. The molecule has 2 aromatic carbocycles. The van der Waals surface area contributed by atoms with Crippen molar-refractivity contribution < 1.29 is 23.9 Å². The Hall–Kier alpha value is -4.80. The highest BCUT2D eigenvalue weighted by Crippen LogP contribution is 2.27. The van der Waals surface area contributed by atoms with E-state index in [0.717, 1.165) is 10.3 Å². The molecule has 0 bridgehead atoms. The molecule has 5 rings (SSSR count). The predicted molar refractivity (Wildman–Crippen MR) is 187 cm³/mol. The highest BCUT2D eigenvalue weighted by atomic mass is 32.2. The lowest BCUT2D eigenvalue weighted by atomic mass is 9.89. The van der Waals surface area contributed by atoms with Crippen LogP contribution in [0.1, 0.15) is 59.4 Å². The molecular weight excluding hydrogens is 625 g/mol. The molecule has 3 heterocycles. The SMILES string of the molecule is CC(C)(C)NC(=O)c1ccccc1C[C@H](O)[C@@H](CSc1cccnc1)CC(=O)[C@H](Cc1ccco1)NC(=O)c1ccc2ccccc2n1. The number of amides is 2. The number of furan rings is 1. The Balaban J connectivity index is 1.38. The van der Waals surface area contributed by atoms with E-state index in [4.69, 9.17) is 4.42 Å². The maximum atomic E-state index is 14.1. The molecular formula is C38H40N4O5S. The predicted octanol–water partition coefficient (Wildman–Crippen LogP) is 6.06. The van der Waals surface area contributed by atoms with E-state index in [-0.39, 0.29) is 36.6 Å². The van der Waals surface area contributed by atoms with Gasteiger partial charge in [0.25, 0.3) is 11.8 Å². The molecule has 0 aliphatic rings. The molecule has 2 amide bonds. The van der Waals surface area contributed by atoms with E-state index in [9.17, 15) is 19.5 Å². The summed E-state index contributed by atoms with van der Waals surface area (Å²) in [5.41, 5.74) is 1.58. The van der Waals surface area contributed by atoms with Crippen LogP contribution < -0.4 is 10.6 Å². The van der Waals surface area contributed by atoms with Gasteiger partial charge in [-0.1, -0.05) is 42.5 Å². The van der Waals surface area contributed by atoms with Gasteiger partial charge in [-0.2, -0.15) is 0 Å². The fourth-order valence-electron chi connectivity index (χ4n) is 5.36. The van der Waals surface area contributed by atoms with E-state index in [1.807, 2.05) is 75.4 Å². The van der Waals surface area contributed by atoms with E-state index < -0.39 is 29.5 Å². The molecule has 0 aliphatic heterocycles. The number of aliphatic hydroxyl groups excluding tert-OH is 1. The van der Waals surface area contributed by atoms with Crippen molar-refractivity contribution >= 4 is 40.3 Å². The maximum Gasteiger partial charge on any atom is 0.270 e. The summed E-state index contributed by atoms with van der Waals surface area (Å²) in [5.74, 6) is -0.535. The van der Waals surface area contributed by atoms with Gasteiger partial charge in [-0.15, -0.1) is 11.8 Å². The number of rotatable bonds is 14. The third kappa shape index (κ3) is 9.62. The Labute approximate surface area is 284 Å². The number of aliphatic hydroxyl groups is 1. The van der Waals surface area contributed by atoms with Crippen molar-refractivity contribution in [3.8, 4) is 0 Å². The number of nitrogens with one attached hydrogen (secondary N) is 2. The molecule has 0 saturated carbocycles. The minimum absolute atomic E-state index is 0.0262. The van der Waals surface area contributed by atoms with Crippen LogP contribution in [0, 0.1) is 5.92 Å². The first kappa shape index (κ1) is 34.5. The highest BCUT2D eigenvalue weighted by Gasteiger charge is 2.30. The van der Waals surface area contributed by atoms with E-state index in [1.54, 1.807) is 42.7 Å². The normalized spacial score (nSPS) is 13.4. The van der Waals surface area contributed by atoms with Gasteiger partial charge in [0, 0.05) is 58.3 Å². The van der Waals surface area contributed by atoms with Crippen molar-refractivity contribution in [2.75, 3.05) is 5.75 Å². The van der Waals surface area contributed by atoms with Crippen LogP contribution in [0.2, 0.25) is 0 Å². The number of hydrogen-bond donors (Lipinski definition) is 3. The average molecular weight is 665 g/mol. The second kappa shape index (κ2) is 15.9. The first-order valence-electron chi connectivity index (χ1n) is 15.9.